The van der Waals surface area contributed by atoms with Gasteiger partial charge in [-0.1, -0.05) is 31.2 Å². The van der Waals surface area contributed by atoms with Crippen LogP contribution in [0.3, 0.4) is 0 Å². The first-order valence-corrected chi connectivity index (χ1v) is 9.11. The molecule has 1 aliphatic rings. The molecule has 3 rings (SSSR count). The second-order valence-electron chi connectivity index (χ2n) is 6.67. The van der Waals surface area contributed by atoms with Crippen LogP contribution in [0.25, 0.3) is 0 Å². The number of benzene rings is 2. The van der Waals surface area contributed by atoms with Gasteiger partial charge in [-0.3, -0.25) is 9.69 Å². The molecule has 26 heavy (non-hydrogen) atoms. The van der Waals surface area contributed by atoms with Crippen LogP contribution < -0.4 is 0 Å². The van der Waals surface area contributed by atoms with Crippen LogP contribution >= 0.6 is 0 Å². The van der Waals surface area contributed by atoms with Crippen LogP contribution in [0.15, 0.2) is 48.5 Å². The number of rotatable bonds is 5. The van der Waals surface area contributed by atoms with Crippen molar-refractivity contribution in [2.75, 3.05) is 26.2 Å². The van der Waals surface area contributed by atoms with E-state index in [0.717, 1.165) is 30.6 Å². The third kappa shape index (κ3) is 4.28. The molecule has 0 aromatic heterocycles. The van der Waals surface area contributed by atoms with Crippen molar-refractivity contribution in [1.29, 1.82) is 0 Å². The lowest BCUT2D eigenvalue weighted by Gasteiger charge is -2.39. The molecule has 0 bridgehead atoms. The molecule has 0 spiro atoms. The fourth-order valence-corrected chi connectivity index (χ4v) is 3.51. The Kier molecular flexibility index (Phi) is 5.99. The van der Waals surface area contributed by atoms with Gasteiger partial charge in [0.1, 0.15) is 11.6 Å². The molecule has 0 unspecified atom stereocenters. The van der Waals surface area contributed by atoms with Gasteiger partial charge in [-0.15, -0.1) is 0 Å². The standard InChI is InChI=1S/C21H24F2N2O/c1-2-3-20(26)24-12-14-25(15-13-24)21(16-4-8-18(22)9-5-16)17-6-10-19(23)11-7-17/h4-11,21H,2-3,12-15H2,1H3. The van der Waals surface area contributed by atoms with Crippen LogP contribution in [0, 0.1) is 11.6 Å². The minimum atomic E-state index is -0.276. The van der Waals surface area contributed by atoms with Crippen LogP contribution in [0.5, 0.6) is 0 Å². The Morgan fingerprint density at radius 3 is 1.77 bits per heavy atom. The normalized spacial score (nSPS) is 15.5. The van der Waals surface area contributed by atoms with Crippen molar-refractivity contribution in [2.45, 2.75) is 25.8 Å². The summed E-state index contributed by atoms with van der Waals surface area (Å²) in [5.41, 5.74) is 1.93. The first kappa shape index (κ1) is 18.5. The number of hydrogen-bond donors (Lipinski definition) is 0. The van der Waals surface area contributed by atoms with Crippen LogP contribution in [-0.4, -0.2) is 41.9 Å². The molecule has 1 saturated heterocycles. The van der Waals surface area contributed by atoms with E-state index < -0.39 is 0 Å². The lowest BCUT2D eigenvalue weighted by atomic mass is 9.96. The van der Waals surface area contributed by atoms with Gasteiger partial charge in [-0.25, -0.2) is 8.78 Å². The van der Waals surface area contributed by atoms with Gasteiger partial charge in [0.25, 0.3) is 0 Å². The summed E-state index contributed by atoms with van der Waals surface area (Å²) in [4.78, 5) is 16.3. The summed E-state index contributed by atoms with van der Waals surface area (Å²) in [7, 11) is 0. The Morgan fingerprint density at radius 1 is 0.885 bits per heavy atom. The maximum Gasteiger partial charge on any atom is 0.222 e. The van der Waals surface area contributed by atoms with E-state index in [2.05, 4.69) is 4.90 Å². The SMILES string of the molecule is CCCC(=O)N1CCN(C(c2ccc(F)cc2)c2ccc(F)cc2)CC1. The van der Waals surface area contributed by atoms with Gasteiger partial charge < -0.3 is 4.90 Å². The summed E-state index contributed by atoms with van der Waals surface area (Å²) in [5.74, 6) is -0.351. The summed E-state index contributed by atoms with van der Waals surface area (Å²) in [5, 5.41) is 0. The molecule has 1 amide bonds. The number of amides is 1. The van der Waals surface area contributed by atoms with Gasteiger partial charge in [-0.2, -0.15) is 0 Å². The summed E-state index contributed by atoms with van der Waals surface area (Å²) in [6.45, 7) is 4.83. The van der Waals surface area contributed by atoms with E-state index in [0.29, 0.717) is 19.5 Å². The number of nitrogens with zero attached hydrogens (tertiary/aromatic N) is 2. The van der Waals surface area contributed by atoms with Gasteiger partial charge in [0.15, 0.2) is 0 Å². The molecule has 2 aromatic carbocycles. The Balaban J connectivity index is 1.81. The number of piperazine rings is 1. The zero-order valence-corrected chi connectivity index (χ0v) is 15.0. The zero-order valence-electron chi connectivity index (χ0n) is 15.0. The molecule has 1 aliphatic heterocycles. The molecular formula is C21H24F2N2O. The van der Waals surface area contributed by atoms with Crippen molar-refractivity contribution in [3.05, 3.63) is 71.3 Å². The quantitative estimate of drug-likeness (QED) is 0.807. The smallest absolute Gasteiger partial charge is 0.222 e. The molecule has 0 aliphatic carbocycles. The summed E-state index contributed by atoms with van der Waals surface area (Å²) >= 11 is 0. The molecule has 0 N–H and O–H groups in total. The third-order valence-electron chi connectivity index (χ3n) is 4.87. The number of carbonyl (C=O) groups is 1. The van der Waals surface area contributed by atoms with Gasteiger partial charge in [0.2, 0.25) is 5.91 Å². The van der Waals surface area contributed by atoms with E-state index in [-0.39, 0.29) is 23.6 Å². The molecule has 3 nitrogen and oxygen atoms in total. The monoisotopic (exact) mass is 358 g/mol. The Hall–Kier alpha value is -2.27. The third-order valence-corrected chi connectivity index (χ3v) is 4.87. The Bertz CT molecular complexity index is 677. The molecule has 0 radical (unpaired) electrons. The Labute approximate surface area is 153 Å². The van der Waals surface area contributed by atoms with Crippen molar-refractivity contribution in [1.82, 2.24) is 9.80 Å². The number of carbonyl (C=O) groups excluding carboxylic acids is 1. The molecule has 0 saturated carbocycles. The highest BCUT2D eigenvalue weighted by Gasteiger charge is 2.28. The van der Waals surface area contributed by atoms with E-state index >= 15 is 0 Å². The largest absolute Gasteiger partial charge is 0.340 e. The molecule has 1 fully saturated rings. The summed E-state index contributed by atoms with van der Waals surface area (Å²) in [6, 6.07) is 12.8. The minimum absolute atomic E-state index is 0.0837. The predicted molar refractivity (Wildman–Crippen MR) is 97.7 cm³/mol. The number of hydrogen-bond acceptors (Lipinski definition) is 2. The van der Waals surface area contributed by atoms with E-state index in [1.807, 2.05) is 11.8 Å². The first-order valence-electron chi connectivity index (χ1n) is 9.11. The van der Waals surface area contributed by atoms with E-state index in [1.54, 1.807) is 24.3 Å². The summed E-state index contributed by atoms with van der Waals surface area (Å²) < 4.78 is 26.7. The van der Waals surface area contributed by atoms with Crippen molar-refractivity contribution in [2.24, 2.45) is 0 Å². The van der Waals surface area contributed by atoms with E-state index in [1.165, 1.54) is 24.3 Å². The highest BCUT2D eigenvalue weighted by molar-refractivity contribution is 5.76. The minimum Gasteiger partial charge on any atom is -0.340 e. The van der Waals surface area contributed by atoms with E-state index in [9.17, 15) is 13.6 Å². The second kappa shape index (κ2) is 8.41. The lowest BCUT2D eigenvalue weighted by molar-refractivity contribution is -0.133. The molecule has 0 atom stereocenters. The molecule has 138 valence electrons. The van der Waals surface area contributed by atoms with Crippen molar-refractivity contribution in [3.8, 4) is 0 Å². The molecule has 1 heterocycles. The fourth-order valence-electron chi connectivity index (χ4n) is 3.51. The van der Waals surface area contributed by atoms with Gasteiger partial charge in [0.05, 0.1) is 6.04 Å². The lowest BCUT2D eigenvalue weighted by Crippen LogP contribution is -2.49. The van der Waals surface area contributed by atoms with Gasteiger partial charge in [0, 0.05) is 32.6 Å². The Morgan fingerprint density at radius 2 is 1.35 bits per heavy atom. The van der Waals surface area contributed by atoms with E-state index in [4.69, 9.17) is 0 Å². The fraction of sp³-hybridized carbons (Fsp3) is 0.381. The topological polar surface area (TPSA) is 23.6 Å². The summed E-state index contributed by atoms with van der Waals surface area (Å²) in [6.07, 6.45) is 1.44. The highest BCUT2D eigenvalue weighted by atomic mass is 19.1. The molecular weight excluding hydrogens is 334 g/mol. The average Bonchev–Trinajstić information content (AvgIpc) is 2.66. The van der Waals surface area contributed by atoms with Crippen molar-refractivity contribution < 1.29 is 13.6 Å². The van der Waals surface area contributed by atoms with Crippen LogP contribution in [0.2, 0.25) is 0 Å². The highest BCUT2D eigenvalue weighted by Crippen LogP contribution is 2.30. The predicted octanol–water partition coefficient (Wildman–Crippen LogP) is 4.00. The van der Waals surface area contributed by atoms with Crippen LogP contribution in [0.1, 0.15) is 36.9 Å². The van der Waals surface area contributed by atoms with Gasteiger partial charge in [-0.05, 0) is 41.8 Å². The van der Waals surface area contributed by atoms with Gasteiger partial charge >= 0.3 is 0 Å². The van der Waals surface area contributed by atoms with Crippen molar-refractivity contribution >= 4 is 5.91 Å². The maximum absolute atomic E-state index is 13.4. The zero-order chi connectivity index (χ0) is 18.5. The maximum atomic E-state index is 13.4. The number of halogens is 2. The molecule has 5 heteroatoms. The first-order chi connectivity index (χ1) is 12.6. The second-order valence-corrected chi connectivity index (χ2v) is 6.67. The molecule has 2 aromatic rings. The van der Waals surface area contributed by atoms with Crippen LogP contribution in [-0.2, 0) is 4.79 Å². The van der Waals surface area contributed by atoms with Crippen molar-refractivity contribution in [3.63, 3.8) is 0 Å². The average molecular weight is 358 g/mol. The van der Waals surface area contributed by atoms with Crippen LogP contribution in [0.4, 0.5) is 8.78 Å².